The van der Waals surface area contributed by atoms with Gasteiger partial charge in [-0.3, -0.25) is 14.9 Å². The van der Waals surface area contributed by atoms with E-state index < -0.39 is 0 Å². The molecular formula is C18H23ClN6O. The number of aliphatic imine (C=N–C) groups is 1. The van der Waals surface area contributed by atoms with Gasteiger partial charge in [0, 0.05) is 44.4 Å². The molecule has 2 heterocycles. The van der Waals surface area contributed by atoms with Gasteiger partial charge >= 0.3 is 0 Å². The number of benzene rings is 1. The van der Waals surface area contributed by atoms with Crippen molar-refractivity contribution in [2.75, 3.05) is 33.2 Å². The number of piperazine rings is 1. The van der Waals surface area contributed by atoms with Gasteiger partial charge < -0.3 is 15.1 Å². The fourth-order valence-electron chi connectivity index (χ4n) is 2.99. The van der Waals surface area contributed by atoms with Crippen LogP contribution in [0.5, 0.6) is 0 Å². The van der Waals surface area contributed by atoms with E-state index in [0.29, 0.717) is 31.1 Å². The maximum absolute atomic E-state index is 12.5. The van der Waals surface area contributed by atoms with Crippen LogP contribution in [0.3, 0.4) is 0 Å². The summed E-state index contributed by atoms with van der Waals surface area (Å²) in [6.45, 7) is 3.52. The Morgan fingerprint density at radius 1 is 1.27 bits per heavy atom. The molecule has 2 N–H and O–H groups in total. The number of nitrogens with zero attached hydrogens (tertiary/aromatic N) is 4. The lowest BCUT2D eigenvalue weighted by Crippen LogP contribution is -2.53. The first-order valence-corrected chi connectivity index (χ1v) is 8.99. The Bertz CT molecular complexity index is 753. The molecule has 0 radical (unpaired) electrons. The third kappa shape index (κ3) is 4.76. The Labute approximate surface area is 158 Å². The Balaban J connectivity index is 1.49. The van der Waals surface area contributed by atoms with Gasteiger partial charge in [0.1, 0.15) is 0 Å². The smallest absolute Gasteiger partial charge is 0.227 e. The van der Waals surface area contributed by atoms with E-state index in [0.717, 1.165) is 30.3 Å². The van der Waals surface area contributed by atoms with Gasteiger partial charge in [0.2, 0.25) is 5.91 Å². The summed E-state index contributed by atoms with van der Waals surface area (Å²) in [5, 5.41) is 10.8. The maximum Gasteiger partial charge on any atom is 0.227 e. The van der Waals surface area contributed by atoms with Crippen LogP contribution in [0.2, 0.25) is 5.02 Å². The molecule has 7 nitrogen and oxygen atoms in total. The minimum atomic E-state index is 0.132. The summed E-state index contributed by atoms with van der Waals surface area (Å²) in [6.07, 6.45) is 2.11. The second kappa shape index (κ2) is 8.71. The van der Waals surface area contributed by atoms with Gasteiger partial charge in [-0.15, -0.1) is 0 Å². The van der Waals surface area contributed by atoms with Crippen molar-refractivity contribution in [3.05, 3.63) is 52.8 Å². The SMILES string of the molecule is CN=C(NCc1ccn[nH]1)N1CCN(C(=O)Cc2cccc(Cl)c2)CC1. The van der Waals surface area contributed by atoms with Crippen LogP contribution in [0.15, 0.2) is 41.5 Å². The van der Waals surface area contributed by atoms with Gasteiger partial charge in [-0.25, -0.2) is 0 Å². The average molecular weight is 375 g/mol. The molecule has 1 aromatic heterocycles. The van der Waals surface area contributed by atoms with Crippen LogP contribution >= 0.6 is 11.6 Å². The number of hydrogen-bond acceptors (Lipinski definition) is 3. The minimum Gasteiger partial charge on any atom is -0.351 e. The van der Waals surface area contributed by atoms with Crippen molar-refractivity contribution in [3.63, 3.8) is 0 Å². The number of carbonyl (C=O) groups excluding carboxylic acids is 1. The summed E-state index contributed by atoms with van der Waals surface area (Å²) in [6, 6.07) is 9.39. The molecule has 0 bridgehead atoms. The molecule has 1 saturated heterocycles. The highest BCUT2D eigenvalue weighted by atomic mass is 35.5. The molecule has 138 valence electrons. The number of carbonyl (C=O) groups is 1. The van der Waals surface area contributed by atoms with E-state index in [1.807, 2.05) is 35.2 Å². The van der Waals surface area contributed by atoms with E-state index in [1.54, 1.807) is 13.2 Å². The normalized spacial score (nSPS) is 15.2. The van der Waals surface area contributed by atoms with Crippen molar-refractivity contribution in [1.82, 2.24) is 25.3 Å². The monoisotopic (exact) mass is 374 g/mol. The molecule has 1 aliphatic rings. The van der Waals surface area contributed by atoms with Gasteiger partial charge in [-0.1, -0.05) is 23.7 Å². The van der Waals surface area contributed by atoms with Crippen LogP contribution in [0.4, 0.5) is 0 Å². The first-order chi connectivity index (χ1) is 12.7. The minimum absolute atomic E-state index is 0.132. The van der Waals surface area contributed by atoms with E-state index in [-0.39, 0.29) is 5.91 Å². The third-order valence-electron chi connectivity index (χ3n) is 4.38. The van der Waals surface area contributed by atoms with E-state index in [2.05, 4.69) is 25.4 Å². The molecule has 0 aliphatic carbocycles. The number of nitrogens with one attached hydrogen (secondary N) is 2. The molecule has 1 fully saturated rings. The summed E-state index contributed by atoms with van der Waals surface area (Å²) in [5.74, 6) is 0.967. The Hall–Kier alpha value is -2.54. The molecule has 1 aliphatic heterocycles. The lowest BCUT2D eigenvalue weighted by Gasteiger charge is -2.36. The fourth-order valence-corrected chi connectivity index (χ4v) is 3.20. The number of amides is 1. The number of hydrogen-bond donors (Lipinski definition) is 2. The number of aromatic amines is 1. The summed E-state index contributed by atoms with van der Waals surface area (Å²) >= 11 is 5.99. The van der Waals surface area contributed by atoms with Gasteiger partial charge in [-0.2, -0.15) is 5.10 Å². The molecule has 3 rings (SSSR count). The van der Waals surface area contributed by atoms with Crippen LogP contribution in [0, 0.1) is 0 Å². The van der Waals surface area contributed by atoms with Crippen molar-refractivity contribution < 1.29 is 4.79 Å². The summed E-state index contributed by atoms with van der Waals surface area (Å²) in [4.78, 5) is 20.9. The molecule has 0 spiro atoms. The van der Waals surface area contributed by atoms with Crippen LogP contribution in [0.1, 0.15) is 11.3 Å². The van der Waals surface area contributed by atoms with Crippen LogP contribution in [0.25, 0.3) is 0 Å². The van der Waals surface area contributed by atoms with E-state index in [1.165, 1.54) is 0 Å². The topological polar surface area (TPSA) is 76.6 Å². The lowest BCUT2D eigenvalue weighted by atomic mass is 10.1. The van der Waals surface area contributed by atoms with Gasteiger partial charge in [0.15, 0.2) is 5.96 Å². The quantitative estimate of drug-likeness (QED) is 0.628. The van der Waals surface area contributed by atoms with Crippen molar-refractivity contribution in [2.24, 2.45) is 4.99 Å². The van der Waals surface area contributed by atoms with E-state index >= 15 is 0 Å². The molecular weight excluding hydrogens is 352 g/mol. The predicted molar refractivity (Wildman–Crippen MR) is 102 cm³/mol. The highest BCUT2D eigenvalue weighted by molar-refractivity contribution is 6.30. The first kappa shape index (κ1) is 18.3. The molecule has 1 amide bonds. The molecule has 0 unspecified atom stereocenters. The molecule has 1 aromatic carbocycles. The highest BCUT2D eigenvalue weighted by Gasteiger charge is 2.23. The summed E-state index contributed by atoms with van der Waals surface area (Å²) in [7, 11) is 1.77. The Morgan fingerprint density at radius 2 is 2.04 bits per heavy atom. The largest absolute Gasteiger partial charge is 0.351 e. The number of rotatable bonds is 4. The van der Waals surface area contributed by atoms with E-state index in [4.69, 9.17) is 11.6 Å². The van der Waals surface area contributed by atoms with Crippen molar-refractivity contribution in [1.29, 1.82) is 0 Å². The van der Waals surface area contributed by atoms with Crippen molar-refractivity contribution in [2.45, 2.75) is 13.0 Å². The second-order valence-electron chi connectivity index (χ2n) is 6.16. The second-order valence-corrected chi connectivity index (χ2v) is 6.59. The maximum atomic E-state index is 12.5. The van der Waals surface area contributed by atoms with Crippen molar-refractivity contribution in [3.8, 4) is 0 Å². The number of guanidine groups is 1. The van der Waals surface area contributed by atoms with Gasteiger partial charge in [0.25, 0.3) is 0 Å². The molecule has 26 heavy (non-hydrogen) atoms. The Morgan fingerprint density at radius 3 is 2.69 bits per heavy atom. The van der Waals surface area contributed by atoms with Crippen LogP contribution in [-0.2, 0) is 17.8 Å². The number of halogens is 1. The van der Waals surface area contributed by atoms with Crippen molar-refractivity contribution >= 4 is 23.5 Å². The van der Waals surface area contributed by atoms with Crippen LogP contribution < -0.4 is 5.32 Å². The molecule has 2 aromatic rings. The Kier molecular flexibility index (Phi) is 6.12. The zero-order valence-corrected chi connectivity index (χ0v) is 15.5. The zero-order valence-electron chi connectivity index (χ0n) is 14.8. The number of aromatic nitrogens is 2. The zero-order chi connectivity index (χ0) is 18.4. The van der Waals surface area contributed by atoms with Gasteiger partial charge in [-0.05, 0) is 23.8 Å². The van der Waals surface area contributed by atoms with Gasteiger partial charge in [0.05, 0.1) is 18.7 Å². The average Bonchev–Trinajstić information content (AvgIpc) is 3.16. The number of H-pyrrole nitrogens is 1. The third-order valence-corrected chi connectivity index (χ3v) is 4.62. The lowest BCUT2D eigenvalue weighted by molar-refractivity contribution is -0.131. The standard InChI is InChI=1S/C18H23ClN6O/c1-20-18(21-13-16-5-6-22-23-16)25-9-7-24(8-10-25)17(26)12-14-3-2-4-15(19)11-14/h2-6,11H,7-10,12-13H2,1H3,(H,20,21)(H,22,23). The molecule has 0 atom stereocenters. The first-order valence-electron chi connectivity index (χ1n) is 8.62. The van der Waals surface area contributed by atoms with E-state index in [9.17, 15) is 4.79 Å². The molecule has 8 heteroatoms. The van der Waals surface area contributed by atoms with Crippen LogP contribution in [-0.4, -0.2) is 65.1 Å². The highest BCUT2D eigenvalue weighted by Crippen LogP contribution is 2.13. The molecule has 0 saturated carbocycles. The summed E-state index contributed by atoms with van der Waals surface area (Å²) in [5.41, 5.74) is 1.95. The summed E-state index contributed by atoms with van der Waals surface area (Å²) < 4.78 is 0. The predicted octanol–water partition coefficient (Wildman–Crippen LogP) is 1.53. The fraction of sp³-hybridized carbons (Fsp3) is 0.389.